The second-order valence-electron chi connectivity index (χ2n) is 3.61. The predicted molar refractivity (Wildman–Crippen MR) is 77.5 cm³/mol. The summed E-state index contributed by atoms with van der Waals surface area (Å²) < 4.78 is 0. The lowest BCUT2D eigenvalue weighted by Crippen LogP contribution is -2.17. The van der Waals surface area contributed by atoms with Crippen molar-refractivity contribution in [2.24, 2.45) is 5.10 Å². The molecule has 2 rings (SSSR count). The highest BCUT2D eigenvalue weighted by Gasteiger charge is 2.09. The van der Waals surface area contributed by atoms with E-state index in [2.05, 4.69) is 10.5 Å². The van der Waals surface area contributed by atoms with Crippen LogP contribution in [0, 0.1) is 10.1 Å². The zero-order chi connectivity index (χ0) is 14.5. The summed E-state index contributed by atoms with van der Waals surface area (Å²) in [5.74, 6) is -0.446. The number of hydrazone groups is 1. The van der Waals surface area contributed by atoms with Gasteiger partial charge in [-0.1, -0.05) is 35.1 Å². The fraction of sp³-hybridized carbons (Fsp3) is 0. The second kappa shape index (κ2) is 6.27. The van der Waals surface area contributed by atoms with Crippen molar-refractivity contribution in [1.29, 1.82) is 0 Å². The Bertz CT molecular complexity index is 684. The minimum absolute atomic E-state index is 0.0175. The molecule has 0 bridgehead atoms. The summed E-state index contributed by atoms with van der Waals surface area (Å²) in [6.45, 7) is 0. The van der Waals surface area contributed by atoms with Gasteiger partial charge in [0.15, 0.2) is 0 Å². The number of nitro groups is 1. The summed E-state index contributed by atoms with van der Waals surface area (Å²) in [5.41, 5.74) is 2.62. The predicted octanol–water partition coefficient (Wildman–Crippen LogP) is 3.07. The minimum Gasteiger partial charge on any atom is -0.267 e. The lowest BCUT2D eigenvalue weighted by molar-refractivity contribution is -0.380. The van der Waals surface area contributed by atoms with Gasteiger partial charge in [-0.2, -0.15) is 5.10 Å². The quantitative estimate of drug-likeness (QED) is 0.535. The van der Waals surface area contributed by atoms with Crippen LogP contribution >= 0.6 is 22.9 Å². The van der Waals surface area contributed by atoms with Crippen LogP contribution in [0.25, 0.3) is 0 Å². The van der Waals surface area contributed by atoms with Crippen LogP contribution in [0.4, 0.5) is 5.00 Å². The van der Waals surface area contributed by atoms with E-state index in [1.807, 2.05) is 0 Å². The molecule has 8 heteroatoms. The van der Waals surface area contributed by atoms with Gasteiger partial charge in [0.2, 0.25) is 0 Å². The smallest absolute Gasteiger partial charge is 0.267 e. The van der Waals surface area contributed by atoms with Crippen LogP contribution in [0.2, 0.25) is 5.02 Å². The first-order chi connectivity index (χ1) is 9.58. The van der Waals surface area contributed by atoms with Crippen molar-refractivity contribution in [3.8, 4) is 0 Å². The number of hydrogen-bond donors (Lipinski definition) is 1. The van der Waals surface area contributed by atoms with Crippen LogP contribution in [-0.4, -0.2) is 17.0 Å². The molecule has 0 saturated carbocycles. The summed E-state index contributed by atoms with van der Waals surface area (Å²) in [7, 11) is 0. The molecule has 1 aromatic carbocycles. The zero-order valence-corrected chi connectivity index (χ0v) is 11.5. The van der Waals surface area contributed by atoms with E-state index in [1.165, 1.54) is 12.3 Å². The van der Waals surface area contributed by atoms with E-state index in [4.69, 9.17) is 11.6 Å². The maximum absolute atomic E-state index is 11.8. The summed E-state index contributed by atoms with van der Waals surface area (Å²) >= 11 is 6.83. The van der Waals surface area contributed by atoms with Crippen LogP contribution in [0.15, 0.2) is 41.5 Å². The molecule has 20 heavy (non-hydrogen) atoms. The lowest BCUT2D eigenvalue weighted by Gasteiger charge is -2.00. The van der Waals surface area contributed by atoms with Crippen LogP contribution in [-0.2, 0) is 0 Å². The van der Waals surface area contributed by atoms with Crippen molar-refractivity contribution in [3.05, 3.63) is 62.0 Å². The van der Waals surface area contributed by atoms with Gasteiger partial charge in [0.05, 0.1) is 26.6 Å². The van der Waals surface area contributed by atoms with Crippen molar-refractivity contribution in [2.45, 2.75) is 0 Å². The fourth-order valence-corrected chi connectivity index (χ4v) is 2.28. The Kier molecular flexibility index (Phi) is 4.44. The Balaban J connectivity index is 2.01. The number of thiophene rings is 1. The Hall–Kier alpha value is -2.25. The van der Waals surface area contributed by atoms with Gasteiger partial charge in [0.1, 0.15) is 0 Å². The van der Waals surface area contributed by atoms with E-state index >= 15 is 0 Å². The Morgan fingerprint density at radius 3 is 2.75 bits per heavy atom. The number of nitrogens with one attached hydrogen (secondary N) is 1. The molecule has 1 aromatic heterocycles. The van der Waals surface area contributed by atoms with Crippen molar-refractivity contribution in [3.63, 3.8) is 0 Å². The van der Waals surface area contributed by atoms with Gasteiger partial charge >= 0.3 is 5.00 Å². The maximum atomic E-state index is 11.8. The average molecular weight is 310 g/mol. The van der Waals surface area contributed by atoms with E-state index in [0.29, 0.717) is 15.5 Å². The van der Waals surface area contributed by atoms with E-state index in [-0.39, 0.29) is 5.00 Å². The third-order valence-corrected chi connectivity index (χ3v) is 3.57. The number of amides is 1. The molecule has 0 aliphatic rings. The molecule has 0 fully saturated rings. The number of halogens is 1. The molecule has 0 aliphatic heterocycles. The van der Waals surface area contributed by atoms with Gasteiger partial charge in [0, 0.05) is 6.07 Å². The van der Waals surface area contributed by atoms with Gasteiger partial charge in [-0.3, -0.25) is 14.9 Å². The molecule has 0 spiro atoms. The molecule has 0 atom stereocenters. The SMILES string of the molecule is O=C(NN=Cc1ccc([N+](=O)[O-])s1)c1ccccc1Cl. The summed E-state index contributed by atoms with van der Waals surface area (Å²) in [5, 5.41) is 14.6. The topological polar surface area (TPSA) is 84.6 Å². The normalized spacial score (nSPS) is 10.7. The summed E-state index contributed by atoms with van der Waals surface area (Å²) in [6.07, 6.45) is 1.34. The van der Waals surface area contributed by atoms with Gasteiger partial charge < -0.3 is 0 Å². The van der Waals surface area contributed by atoms with E-state index in [0.717, 1.165) is 11.3 Å². The molecular weight excluding hydrogens is 302 g/mol. The number of carbonyl (C=O) groups is 1. The van der Waals surface area contributed by atoms with Crippen molar-refractivity contribution in [1.82, 2.24) is 5.43 Å². The van der Waals surface area contributed by atoms with Gasteiger partial charge in [0.25, 0.3) is 5.91 Å². The van der Waals surface area contributed by atoms with Crippen LogP contribution in [0.1, 0.15) is 15.2 Å². The first-order valence-corrected chi connectivity index (χ1v) is 6.59. The van der Waals surface area contributed by atoms with E-state index < -0.39 is 10.8 Å². The van der Waals surface area contributed by atoms with Gasteiger partial charge in [-0.05, 0) is 18.2 Å². The van der Waals surface area contributed by atoms with Crippen LogP contribution < -0.4 is 5.43 Å². The minimum atomic E-state index is -0.482. The average Bonchev–Trinajstić information content (AvgIpc) is 2.88. The summed E-state index contributed by atoms with van der Waals surface area (Å²) in [6, 6.07) is 9.50. The lowest BCUT2D eigenvalue weighted by atomic mass is 10.2. The molecule has 0 unspecified atom stereocenters. The number of benzene rings is 1. The molecule has 1 amide bonds. The molecule has 1 heterocycles. The maximum Gasteiger partial charge on any atom is 0.324 e. The third-order valence-electron chi connectivity index (χ3n) is 2.27. The van der Waals surface area contributed by atoms with Gasteiger partial charge in [-0.15, -0.1) is 0 Å². The molecule has 0 radical (unpaired) electrons. The third kappa shape index (κ3) is 3.40. The Morgan fingerprint density at radius 1 is 1.35 bits per heavy atom. The molecule has 102 valence electrons. The molecular formula is C12H8ClN3O3S. The van der Waals surface area contributed by atoms with Crippen LogP contribution in [0.5, 0.6) is 0 Å². The van der Waals surface area contributed by atoms with Crippen molar-refractivity contribution in [2.75, 3.05) is 0 Å². The number of rotatable bonds is 4. The van der Waals surface area contributed by atoms with Crippen molar-refractivity contribution >= 4 is 40.1 Å². The molecule has 1 N–H and O–H groups in total. The Morgan fingerprint density at radius 2 is 2.10 bits per heavy atom. The first-order valence-electron chi connectivity index (χ1n) is 5.40. The van der Waals surface area contributed by atoms with Gasteiger partial charge in [-0.25, -0.2) is 5.43 Å². The number of carbonyl (C=O) groups excluding carboxylic acids is 1. The highest BCUT2D eigenvalue weighted by atomic mass is 35.5. The first kappa shape index (κ1) is 14.2. The molecule has 6 nitrogen and oxygen atoms in total. The second-order valence-corrected chi connectivity index (χ2v) is 5.11. The summed E-state index contributed by atoms with van der Waals surface area (Å²) in [4.78, 5) is 22.3. The van der Waals surface area contributed by atoms with E-state index in [1.54, 1.807) is 30.3 Å². The largest absolute Gasteiger partial charge is 0.324 e. The zero-order valence-electron chi connectivity index (χ0n) is 9.95. The van der Waals surface area contributed by atoms with Crippen LogP contribution in [0.3, 0.4) is 0 Å². The number of hydrogen-bond acceptors (Lipinski definition) is 5. The van der Waals surface area contributed by atoms with E-state index in [9.17, 15) is 14.9 Å². The molecule has 2 aromatic rings. The highest BCUT2D eigenvalue weighted by Crippen LogP contribution is 2.22. The monoisotopic (exact) mass is 309 g/mol. The fourth-order valence-electron chi connectivity index (χ4n) is 1.37. The Labute approximate surface area is 122 Å². The van der Waals surface area contributed by atoms with Crippen molar-refractivity contribution < 1.29 is 9.72 Å². The molecule has 0 aliphatic carbocycles. The highest BCUT2D eigenvalue weighted by molar-refractivity contribution is 7.16. The molecule has 0 saturated heterocycles. The standard InChI is InChI=1S/C12H8ClN3O3S/c13-10-4-2-1-3-9(10)12(17)15-14-7-8-5-6-11(20-8)16(18)19/h1-7H,(H,15,17). The number of nitrogens with zero attached hydrogens (tertiary/aromatic N) is 2.